The van der Waals surface area contributed by atoms with E-state index in [1.165, 1.54) is 11.3 Å². The molecule has 1 heterocycles. The zero-order chi connectivity index (χ0) is 14.5. The molecule has 0 saturated carbocycles. The van der Waals surface area contributed by atoms with Crippen molar-refractivity contribution >= 4 is 34.1 Å². The minimum absolute atomic E-state index is 0.148. The summed E-state index contributed by atoms with van der Waals surface area (Å²) in [4.78, 5) is 12.1. The molecule has 1 amide bonds. The first-order valence-electron chi connectivity index (χ1n) is 6.46. The Morgan fingerprint density at radius 3 is 2.95 bits per heavy atom. The molecule has 1 unspecified atom stereocenters. The van der Waals surface area contributed by atoms with Crippen molar-refractivity contribution in [3.63, 3.8) is 0 Å². The van der Waals surface area contributed by atoms with Crippen molar-refractivity contribution in [1.82, 2.24) is 10.2 Å². The molecule has 0 saturated heterocycles. The fraction of sp³-hybridized carbons (Fsp3) is 0.357. The maximum absolute atomic E-state index is 12.1. The SMILES string of the molecule is CCC(C)Sc1nnc(NC(=O)c2cccc(C)c2)s1. The summed E-state index contributed by atoms with van der Waals surface area (Å²) in [6, 6.07) is 7.47. The lowest BCUT2D eigenvalue weighted by Gasteiger charge is -2.03. The highest BCUT2D eigenvalue weighted by molar-refractivity contribution is 8.01. The van der Waals surface area contributed by atoms with Gasteiger partial charge in [0.25, 0.3) is 5.91 Å². The number of carbonyl (C=O) groups excluding carboxylic acids is 1. The number of nitrogens with zero attached hydrogens (tertiary/aromatic N) is 2. The molecule has 0 radical (unpaired) electrons. The highest BCUT2D eigenvalue weighted by Gasteiger charge is 2.12. The smallest absolute Gasteiger partial charge is 0.257 e. The Kier molecular flexibility index (Phi) is 5.14. The number of anilines is 1. The van der Waals surface area contributed by atoms with E-state index in [1.807, 2.05) is 25.1 Å². The normalized spacial score (nSPS) is 12.2. The maximum atomic E-state index is 12.1. The largest absolute Gasteiger partial charge is 0.296 e. The fourth-order valence-corrected chi connectivity index (χ4v) is 3.51. The summed E-state index contributed by atoms with van der Waals surface area (Å²) in [5.74, 6) is -0.148. The molecule has 0 fully saturated rings. The van der Waals surface area contributed by atoms with Gasteiger partial charge in [-0.15, -0.1) is 10.2 Å². The third-order valence-corrected chi connectivity index (χ3v) is 4.98. The van der Waals surface area contributed by atoms with Crippen molar-refractivity contribution < 1.29 is 4.79 Å². The molecule has 0 aliphatic carbocycles. The van der Waals surface area contributed by atoms with Crippen LogP contribution in [0, 0.1) is 6.92 Å². The summed E-state index contributed by atoms with van der Waals surface area (Å²) in [5, 5.41) is 11.9. The molecular weight excluding hydrogens is 290 g/mol. The first-order valence-corrected chi connectivity index (χ1v) is 8.16. The second kappa shape index (κ2) is 6.85. The number of hydrogen-bond acceptors (Lipinski definition) is 5. The predicted octanol–water partition coefficient (Wildman–Crippen LogP) is 3.99. The Morgan fingerprint density at radius 1 is 1.45 bits per heavy atom. The lowest BCUT2D eigenvalue weighted by Crippen LogP contribution is -2.11. The fourth-order valence-electron chi connectivity index (χ4n) is 1.52. The van der Waals surface area contributed by atoms with Crippen LogP contribution < -0.4 is 5.32 Å². The van der Waals surface area contributed by atoms with Crippen LogP contribution in [0.15, 0.2) is 28.6 Å². The van der Waals surface area contributed by atoms with E-state index >= 15 is 0 Å². The van der Waals surface area contributed by atoms with E-state index < -0.39 is 0 Å². The van der Waals surface area contributed by atoms with Gasteiger partial charge in [0.2, 0.25) is 5.13 Å². The van der Waals surface area contributed by atoms with Gasteiger partial charge in [-0.2, -0.15) is 0 Å². The maximum Gasteiger partial charge on any atom is 0.257 e. The first kappa shape index (κ1) is 15.0. The van der Waals surface area contributed by atoms with Gasteiger partial charge in [0.1, 0.15) is 0 Å². The topological polar surface area (TPSA) is 54.9 Å². The standard InChI is InChI=1S/C14H17N3OS2/c1-4-10(3)19-14-17-16-13(20-14)15-12(18)11-7-5-6-9(2)8-11/h5-8,10H,4H2,1-3H3,(H,15,16,18). The summed E-state index contributed by atoms with van der Waals surface area (Å²) >= 11 is 3.10. The summed E-state index contributed by atoms with van der Waals surface area (Å²) < 4.78 is 0.888. The number of aromatic nitrogens is 2. The molecular formula is C14H17N3OS2. The van der Waals surface area contributed by atoms with Crippen molar-refractivity contribution in [3.05, 3.63) is 35.4 Å². The molecule has 1 atom stereocenters. The van der Waals surface area contributed by atoms with E-state index in [-0.39, 0.29) is 5.91 Å². The van der Waals surface area contributed by atoms with Gasteiger partial charge < -0.3 is 0 Å². The van der Waals surface area contributed by atoms with Crippen molar-refractivity contribution in [2.24, 2.45) is 0 Å². The number of aryl methyl sites for hydroxylation is 1. The molecule has 1 aromatic heterocycles. The average Bonchev–Trinajstić information content (AvgIpc) is 2.85. The van der Waals surface area contributed by atoms with Crippen LogP contribution in [0.1, 0.15) is 36.2 Å². The second-order valence-corrected chi connectivity index (χ2v) is 7.20. The van der Waals surface area contributed by atoms with Crippen LogP contribution in [0.4, 0.5) is 5.13 Å². The number of benzene rings is 1. The Morgan fingerprint density at radius 2 is 2.25 bits per heavy atom. The molecule has 0 aliphatic rings. The van der Waals surface area contributed by atoms with Gasteiger partial charge in [-0.05, 0) is 25.5 Å². The van der Waals surface area contributed by atoms with Crippen LogP contribution in [0.5, 0.6) is 0 Å². The molecule has 2 rings (SSSR count). The first-order chi connectivity index (χ1) is 9.58. The van der Waals surface area contributed by atoms with Crippen molar-refractivity contribution in [2.75, 3.05) is 5.32 Å². The zero-order valence-corrected chi connectivity index (χ0v) is 13.3. The van der Waals surface area contributed by atoms with E-state index in [0.29, 0.717) is 15.9 Å². The molecule has 0 aliphatic heterocycles. The molecule has 1 aromatic carbocycles. The van der Waals surface area contributed by atoms with Crippen LogP contribution in [0.3, 0.4) is 0 Å². The molecule has 4 nitrogen and oxygen atoms in total. The van der Waals surface area contributed by atoms with E-state index in [2.05, 4.69) is 29.4 Å². The number of amides is 1. The molecule has 106 valence electrons. The van der Waals surface area contributed by atoms with Crippen LogP contribution in [0.2, 0.25) is 0 Å². The van der Waals surface area contributed by atoms with Gasteiger partial charge in [0, 0.05) is 10.8 Å². The van der Waals surface area contributed by atoms with E-state index in [4.69, 9.17) is 0 Å². The molecule has 20 heavy (non-hydrogen) atoms. The molecule has 2 aromatic rings. The Balaban J connectivity index is 2.01. The number of carbonyl (C=O) groups is 1. The van der Waals surface area contributed by atoms with Crippen molar-refractivity contribution in [3.8, 4) is 0 Å². The van der Waals surface area contributed by atoms with Gasteiger partial charge in [-0.1, -0.05) is 54.6 Å². The Bertz CT molecular complexity index is 598. The van der Waals surface area contributed by atoms with Crippen LogP contribution in [-0.2, 0) is 0 Å². The molecule has 0 bridgehead atoms. The van der Waals surface area contributed by atoms with Gasteiger partial charge in [0.05, 0.1) is 0 Å². The summed E-state index contributed by atoms with van der Waals surface area (Å²) in [6.07, 6.45) is 1.08. The molecule has 6 heteroatoms. The van der Waals surface area contributed by atoms with E-state index in [0.717, 1.165) is 16.3 Å². The van der Waals surface area contributed by atoms with E-state index in [9.17, 15) is 4.79 Å². The monoisotopic (exact) mass is 307 g/mol. The van der Waals surface area contributed by atoms with Crippen LogP contribution >= 0.6 is 23.1 Å². The van der Waals surface area contributed by atoms with Crippen molar-refractivity contribution in [1.29, 1.82) is 0 Å². The number of nitrogens with one attached hydrogen (secondary N) is 1. The van der Waals surface area contributed by atoms with E-state index in [1.54, 1.807) is 17.8 Å². The highest BCUT2D eigenvalue weighted by atomic mass is 32.2. The molecule has 1 N–H and O–H groups in total. The highest BCUT2D eigenvalue weighted by Crippen LogP contribution is 2.30. The third-order valence-electron chi connectivity index (χ3n) is 2.78. The zero-order valence-electron chi connectivity index (χ0n) is 11.7. The second-order valence-electron chi connectivity index (χ2n) is 4.53. The average molecular weight is 307 g/mol. The third kappa shape index (κ3) is 4.05. The summed E-state index contributed by atoms with van der Waals surface area (Å²) in [5.41, 5.74) is 1.69. The van der Waals surface area contributed by atoms with Gasteiger partial charge in [-0.3, -0.25) is 10.1 Å². The Labute approximate surface area is 127 Å². The van der Waals surface area contributed by atoms with Gasteiger partial charge in [-0.25, -0.2) is 0 Å². The lowest BCUT2D eigenvalue weighted by molar-refractivity contribution is 0.102. The minimum Gasteiger partial charge on any atom is -0.296 e. The Hall–Kier alpha value is -1.40. The van der Waals surface area contributed by atoms with Crippen LogP contribution in [0.25, 0.3) is 0 Å². The summed E-state index contributed by atoms with van der Waals surface area (Å²) in [6.45, 7) is 6.25. The lowest BCUT2D eigenvalue weighted by atomic mass is 10.1. The van der Waals surface area contributed by atoms with Crippen LogP contribution in [-0.4, -0.2) is 21.4 Å². The minimum atomic E-state index is -0.148. The predicted molar refractivity (Wildman–Crippen MR) is 84.7 cm³/mol. The molecule has 0 spiro atoms. The van der Waals surface area contributed by atoms with Crippen molar-refractivity contribution in [2.45, 2.75) is 36.8 Å². The van der Waals surface area contributed by atoms with Gasteiger partial charge in [0.15, 0.2) is 4.34 Å². The number of thioether (sulfide) groups is 1. The number of hydrogen-bond donors (Lipinski definition) is 1. The summed E-state index contributed by atoms with van der Waals surface area (Å²) in [7, 11) is 0. The number of rotatable bonds is 5. The van der Waals surface area contributed by atoms with Gasteiger partial charge >= 0.3 is 0 Å². The quantitative estimate of drug-likeness (QED) is 0.670.